The summed E-state index contributed by atoms with van der Waals surface area (Å²) >= 11 is 0. The summed E-state index contributed by atoms with van der Waals surface area (Å²) in [7, 11) is 0. The average Bonchev–Trinajstić information content (AvgIpc) is 4.53. The number of hydrogen-bond acceptors (Lipinski definition) is 12. The first kappa shape index (κ1) is 46.8. The molecule has 10 heterocycles. The smallest absolute Gasteiger partial charge is 0.164 e. The zero-order valence-corrected chi connectivity index (χ0v) is 44.2. The minimum atomic E-state index is 0. The zero-order chi connectivity index (χ0) is 52.4. The molecular formula is C64H36DyN16. The van der Waals surface area contributed by atoms with Gasteiger partial charge in [-0.05, 0) is 0 Å². The summed E-state index contributed by atoms with van der Waals surface area (Å²) in [5.41, 5.74) is 12.9. The molecule has 4 N–H and O–H groups in total. The third kappa shape index (κ3) is 7.56. The van der Waals surface area contributed by atoms with Gasteiger partial charge in [0.2, 0.25) is 0 Å². The van der Waals surface area contributed by atoms with Gasteiger partial charge in [0.1, 0.15) is 45.2 Å². The van der Waals surface area contributed by atoms with Crippen LogP contribution in [-0.4, -0.2) is 79.7 Å². The van der Waals surface area contributed by atoms with Crippen LogP contribution in [0, 0.1) is 38.2 Å². The molecule has 0 saturated heterocycles. The molecule has 6 aromatic heterocycles. The van der Waals surface area contributed by atoms with Crippen molar-refractivity contribution in [1.29, 1.82) is 0 Å². The minimum absolute atomic E-state index is 0. The van der Waals surface area contributed by atoms with Crippen LogP contribution in [-0.2, 0) is 0 Å². The third-order valence-corrected chi connectivity index (χ3v) is 14.9. The maximum Gasteiger partial charge on any atom is 0.164 e. The standard InChI is InChI=1S/2C32H18N8.Dy/c2*1-2-10-18-17(9-1)25-33-26(18)38-28-21-13-5-6-14-22(21)30(35-28)40-32-24-16-8-7-15-23(24)31(36-32)39-29-20-12-4-3-11-19(20)27(34-29)37-25;/h2*1-16H,(H2,33,34,35,36,37,38,39,40);. The molecule has 0 fully saturated rings. The number of aromatic amines is 4. The largest absolute Gasteiger partial charge is 0.324 e. The molecule has 81 heavy (non-hydrogen) atoms. The summed E-state index contributed by atoms with van der Waals surface area (Å²) in [6.45, 7) is 0. The van der Waals surface area contributed by atoms with Crippen molar-refractivity contribution < 1.29 is 38.2 Å². The van der Waals surface area contributed by atoms with E-state index < -0.39 is 0 Å². The average molecular weight is 1190 g/mol. The maximum atomic E-state index is 5.02. The predicted octanol–water partition coefficient (Wildman–Crippen LogP) is 13.7. The van der Waals surface area contributed by atoms with Crippen molar-refractivity contribution in [1.82, 2.24) is 79.7 Å². The number of H-pyrrole nitrogens is 4. The molecule has 14 aromatic rings. The molecule has 0 radical (unpaired) electrons. The second kappa shape index (κ2) is 18.4. The van der Waals surface area contributed by atoms with Crippen molar-refractivity contribution in [2.45, 2.75) is 0 Å². The van der Waals surface area contributed by atoms with Crippen molar-refractivity contribution in [2.24, 2.45) is 0 Å². The molecule has 382 valence electrons. The Morgan fingerprint density at radius 3 is 0.420 bits per heavy atom. The molecule has 0 unspecified atom stereocenters. The molecule has 4 aliphatic heterocycles. The Bertz CT molecular complexity index is 4390. The predicted molar refractivity (Wildman–Crippen MR) is 312 cm³/mol. The van der Waals surface area contributed by atoms with Gasteiger partial charge in [0.15, 0.2) is 46.6 Å². The molecule has 0 atom stereocenters. The van der Waals surface area contributed by atoms with Gasteiger partial charge in [-0.15, -0.1) is 0 Å². The molecule has 8 aromatic carbocycles. The monoisotopic (exact) mass is 1190 g/mol. The maximum absolute atomic E-state index is 5.02. The fourth-order valence-electron chi connectivity index (χ4n) is 11.2. The summed E-state index contributed by atoms with van der Waals surface area (Å²) in [5, 5.41) is 7.64. The van der Waals surface area contributed by atoms with E-state index in [-0.39, 0.29) is 38.2 Å². The van der Waals surface area contributed by atoms with Gasteiger partial charge in [0.05, 0.1) is 0 Å². The Hall–Kier alpha value is -10.2. The van der Waals surface area contributed by atoms with E-state index in [4.69, 9.17) is 59.8 Å². The van der Waals surface area contributed by atoms with E-state index in [0.717, 1.165) is 87.6 Å². The number of rotatable bonds is 0. The van der Waals surface area contributed by atoms with Crippen molar-refractivity contribution in [3.8, 4) is 91.1 Å². The fraction of sp³-hybridized carbons (Fsp3) is 0. The zero-order valence-electron chi connectivity index (χ0n) is 42.2. The Morgan fingerprint density at radius 2 is 0.284 bits per heavy atom. The summed E-state index contributed by atoms with van der Waals surface area (Å²) in [6, 6.07) is 64.5. The van der Waals surface area contributed by atoms with Crippen LogP contribution in [0.25, 0.3) is 179 Å². The van der Waals surface area contributed by atoms with Crippen molar-refractivity contribution >= 4 is 88.3 Å². The van der Waals surface area contributed by atoms with E-state index in [2.05, 4.69) is 19.9 Å². The summed E-state index contributed by atoms with van der Waals surface area (Å²) < 4.78 is 0. The van der Waals surface area contributed by atoms with E-state index >= 15 is 0 Å². The van der Waals surface area contributed by atoms with E-state index in [1.807, 2.05) is 194 Å². The Labute approximate surface area is 487 Å². The van der Waals surface area contributed by atoms with E-state index in [1.54, 1.807) is 0 Å². The SMILES string of the molecule is [Dy].c1ccc2c(c1)-c1nc-2nc2[nH]c(nc3nc(nc4[nH]c(n1)c1ccccc41)-c1ccccc1-3)c1ccccc21.c1ccc2c(c1)-c1nc-2nc2[nH]c(nc3nc(nc4[nH]c(n1)c1ccccc41)-c1ccccc1-3)c1ccccc21. The normalized spacial score (nSPS) is 11.9. The first-order chi connectivity index (χ1) is 39.6. The van der Waals surface area contributed by atoms with E-state index in [1.165, 1.54) is 0 Å². The van der Waals surface area contributed by atoms with Crippen LogP contribution >= 0.6 is 0 Å². The Balaban J connectivity index is 0.000000132. The first-order valence-corrected chi connectivity index (χ1v) is 26.0. The van der Waals surface area contributed by atoms with Gasteiger partial charge in [-0.25, -0.2) is 59.8 Å². The van der Waals surface area contributed by atoms with Gasteiger partial charge >= 0.3 is 0 Å². The van der Waals surface area contributed by atoms with Gasteiger partial charge in [-0.1, -0.05) is 194 Å². The number of nitrogens with one attached hydrogen (secondary N) is 4. The topological polar surface area (TPSA) is 218 Å². The van der Waals surface area contributed by atoms with Crippen molar-refractivity contribution in [2.75, 3.05) is 0 Å². The van der Waals surface area contributed by atoms with Crippen LogP contribution in [0.2, 0.25) is 0 Å². The fourth-order valence-corrected chi connectivity index (χ4v) is 11.2. The number of benzene rings is 8. The van der Waals surface area contributed by atoms with Crippen LogP contribution in [0.1, 0.15) is 0 Å². The van der Waals surface area contributed by atoms with Gasteiger partial charge in [0, 0.05) is 126 Å². The van der Waals surface area contributed by atoms with E-state index in [9.17, 15) is 0 Å². The molecule has 0 aliphatic carbocycles. The minimum Gasteiger partial charge on any atom is -0.324 e. The Morgan fingerprint density at radius 1 is 0.160 bits per heavy atom. The number of hydrogen-bond donors (Lipinski definition) is 4. The first-order valence-electron chi connectivity index (χ1n) is 26.0. The van der Waals surface area contributed by atoms with Gasteiger partial charge in [0.25, 0.3) is 0 Å². The van der Waals surface area contributed by atoms with Crippen molar-refractivity contribution in [3.63, 3.8) is 0 Å². The number of aromatic nitrogens is 16. The molecule has 0 saturated carbocycles. The molecular weight excluding hydrogens is 1160 g/mol. The second-order valence-corrected chi connectivity index (χ2v) is 19.6. The van der Waals surface area contributed by atoms with Crippen LogP contribution < -0.4 is 0 Å². The van der Waals surface area contributed by atoms with Crippen LogP contribution in [0.15, 0.2) is 194 Å². The van der Waals surface area contributed by atoms with E-state index in [0.29, 0.717) is 91.8 Å². The van der Waals surface area contributed by atoms with Gasteiger partial charge in [-0.2, -0.15) is 0 Å². The molecule has 16 bridgehead atoms. The van der Waals surface area contributed by atoms with Crippen LogP contribution in [0.5, 0.6) is 0 Å². The number of fused-ring (bicyclic) bond motifs is 40. The summed E-state index contributed by atoms with van der Waals surface area (Å²) in [4.78, 5) is 73.5. The summed E-state index contributed by atoms with van der Waals surface area (Å²) in [5.74, 6) is 4.78. The molecule has 17 heteroatoms. The quantitative estimate of drug-likeness (QED) is 0.111. The van der Waals surface area contributed by atoms with Crippen molar-refractivity contribution in [3.05, 3.63) is 194 Å². The molecule has 4 aliphatic rings. The van der Waals surface area contributed by atoms with Gasteiger partial charge in [-0.3, -0.25) is 0 Å². The second-order valence-electron chi connectivity index (χ2n) is 19.6. The number of nitrogens with zero attached hydrogens (tertiary/aromatic N) is 12. The van der Waals surface area contributed by atoms with Crippen LogP contribution in [0.3, 0.4) is 0 Å². The van der Waals surface area contributed by atoms with Gasteiger partial charge < -0.3 is 19.9 Å². The molecule has 18 rings (SSSR count). The molecule has 16 nitrogen and oxygen atoms in total. The molecule has 0 spiro atoms. The summed E-state index contributed by atoms with van der Waals surface area (Å²) in [6.07, 6.45) is 0. The molecule has 0 amide bonds. The third-order valence-electron chi connectivity index (χ3n) is 14.9. The Kier molecular flexibility index (Phi) is 10.7. The van der Waals surface area contributed by atoms with Crippen LogP contribution in [0.4, 0.5) is 0 Å².